The fraction of sp³-hybridized carbons (Fsp3) is 0.280. The van der Waals surface area contributed by atoms with Crippen molar-refractivity contribution < 1.29 is 9.18 Å². The van der Waals surface area contributed by atoms with Crippen LogP contribution in [0.15, 0.2) is 48.5 Å². The van der Waals surface area contributed by atoms with Crippen LogP contribution in [-0.2, 0) is 16.6 Å². The Bertz CT molecular complexity index is 1300. The second-order valence-corrected chi connectivity index (χ2v) is 8.94. The Kier molecular flexibility index (Phi) is 5.50. The molecule has 4 rings (SSSR count). The summed E-state index contributed by atoms with van der Waals surface area (Å²) >= 11 is 0. The van der Waals surface area contributed by atoms with Gasteiger partial charge in [-0.3, -0.25) is 4.79 Å². The second kappa shape index (κ2) is 8.15. The fourth-order valence-corrected chi connectivity index (χ4v) is 3.62. The maximum atomic E-state index is 13.9. The Labute approximate surface area is 186 Å². The van der Waals surface area contributed by atoms with Gasteiger partial charge < -0.3 is 5.32 Å². The van der Waals surface area contributed by atoms with E-state index < -0.39 is 5.82 Å². The van der Waals surface area contributed by atoms with E-state index in [2.05, 4.69) is 53.3 Å². The molecule has 32 heavy (non-hydrogen) atoms. The summed E-state index contributed by atoms with van der Waals surface area (Å²) < 4.78 is 15.5. The molecule has 0 spiro atoms. The molecule has 0 atom stereocenters. The van der Waals surface area contributed by atoms with Crippen molar-refractivity contribution in [1.82, 2.24) is 19.6 Å². The van der Waals surface area contributed by atoms with Gasteiger partial charge in [0.05, 0.1) is 12.1 Å². The van der Waals surface area contributed by atoms with E-state index in [-0.39, 0.29) is 23.4 Å². The quantitative estimate of drug-likeness (QED) is 0.492. The summed E-state index contributed by atoms with van der Waals surface area (Å²) in [7, 11) is 0. The third-order valence-electron chi connectivity index (χ3n) is 5.54. The predicted molar refractivity (Wildman–Crippen MR) is 123 cm³/mol. The number of aromatic nitrogens is 4. The van der Waals surface area contributed by atoms with Crippen LogP contribution >= 0.6 is 0 Å². The van der Waals surface area contributed by atoms with Crippen LogP contribution in [0.2, 0.25) is 0 Å². The van der Waals surface area contributed by atoms with Crippen molar-refractivity contribution in [2.24, 2.45) is 0 Å². The molecular formula is C25H26FN5O. The van der Waals surface area contributed by atoms with Crippen LogP contribution in [0.25, 0.3) is 17.2 Å². The van der Waals surface area contributed by atoms with Crippen LogP contribution in [-0.4, -0.2) is 25.5 Å². The Hall–Kier alpha value is -3.61. The highest BCUT2D eigenvalue weighted by Crippen LogP contribution is 2.25. The minimum Gasteiger partial charge on any atom is -0.323 e. The molecule has 2 aromatic heterocycles. The number of rotatable bonds is 4. The standard InChI is InChI=1S/C25H26FN5O/c1-15-19(14-22(32)28-21-9-7-6-8-20(21)26)16(2)31-24(27-15)29-23(30-31)17-10-12-18(13-11-17)25(3,4)5/h6-13H,14H2,1-5H3,(H,28,32). The van der Waals surface area contributed by atoms with E-state index in [1.54, 1.807) is 16.6 Å². The van der Waals surface area contributed by atoms with E-state index in [4.69, 9.17) is 0 Å². The predicted octanol–water partition coefficient (Wildman–Crippen LogP) is 5.03. The van der Waals surface area contributed by atoms with Gasteiger partial charge in [0.2, 0.25) is 5.91 Å². The number of anilines is 1. The molecule has 1 amide bonds. The monoisotopic (exact) mass is 431 g/mol. The number of hydrogen-bond acceptors (Lipinski definition) is 4. The summed E-state index contributed by atoms with van der Waals surface area (Å²) in [4.78, 5) is 21.7. The zero-order valence-corrected chi connectivity index (χ0v) is 18.9. The molecule has 4 aromatic rings. The molecule has 0 radical (unpaired) electrons. The maximum absolute atomic E-state index is 13.9. The number of amides is 1. The average molecular weight is 432 g/mol. The number of carbonyl (C=O) groups is 1. The van der Waals surface area contributed by atoms with Crippen molar-refractivity contribution in [2.45, 2.75) is 46.5 Å². The zero-order valence-electron chi connectivity index (χ0n) is 18.9. The normalized spacial score (nSPS) is 11.7. The maximum Gasteiger partial charge on any atom is 0.253 e. The number of halogens is 1. The highest BCUT2D eigenvalue weighted by atomic mass is 19.1. The van der Waals surface area contributed by atoms with E-state index in [0.717, 1.165) is 16.8 Å². The molecule has 0 aliphatic carbocycles. The van der Waals surface area contributed by atoms with Gasteiger partial charge in [-0.2, -0.15) is 4.98 Å². The molecule has 0 saturated carbocycles. The molecular weight excluding hydrogens is 405 g/mol. The molecule has 0 fully saturated rings. The smallest absolute Gasteiger partial charge is 0.253 e. The third-order valence-corrected chi connectivity index (χ3v) is 5.54. The molecule has 164 valence electrons. The van der Waals surface area contributed by atoms with Gasteiger partial charge in [0.15, 0.2) is 5.82 Å². The van der Waals surface area contributed by atoms with Crippen LogP contribution in [0.1, 0.15) is 43.3 Å². The number of aryl methyl sites for hydroxylation is 2. The van der Waals surface area contributed by atoms with Crippen LogP contribution in [0.5, 0.6) is 0 Å². The number of nitrogens with one attached hydrogen (secondary N) is 1. The molecule has 0 bridgehead atoms. The van der Waals surface area contributed by atoms with Gasteiger partial charge in [0.25, 0.3) is 5.78 Å². The number of nitrogens with zero attached hydrogens (tertiary/aromatic N) is 4. The first-order valence-electron chi connectivity index (χ1n) is 10.5. The number of benzene rings is 2. The largest absolute Gasteiger partial charge is 0.323 e. The summed E-state index contributed by atoms with van der Waals surface area (Å²) in [6.07, 6.45) is 0.0599. The lowest BCUT2D eigenvalue weighted by Crippen LogP contribution is -2.18. The van der Waals surface area contributed by atoms with Gasteiger partial charge in [0.1, 0.15) is 5.82 Å². The number of fused-ring (bicyclic) bond motifs is 1. The fourth-order valence-electron chi connectivity index (χ4n) is 3.62. The van der Waals surface area contributed by atoms with Gasteiger partial charge in [0, 0.05) is 22.5 Å². The van der Waals surface area contributed by atoms with E-state index in [1.807, 2.05) is 26.0 Å². The summed E-state index contributed by atoms with van der Waals surface area (Å²) in [5.41, 5.74) is 4.58. The first-order valence-corrected chi connectivity index (χ1v) is 10.5. The molecule has 2 heterocycles. The van der Waals surface area contributed by atoms with E-state index >= 15 is 0 Å². The summed E-state index contributed by atoms with van der Waals surface area (Å²) in [6, 6.07) is 14.3. The summed E-state index contributed by atoms with van der Waals surface area (Å²) in [6.45, 7) is 10.2. The van der Waals surface area contributed by atoms with E-state index in [0.29, 0.717) is 17.3 Å². The summed E-state index contributed by atoms with van der Waals surface area (Å²) in [5, 5.41) is 7.26. The first-order chi connectivity index (χ1) is 15.1. The molecule has 1 N–H and O–H groups in total. The lowest BCUT2D eigenvalue weighted by molar-refractivity contribution is -0.115. The van der Waals surface area contributed by atoms with Crippen LogP contribution in [0.3, 0.4) is 0 Å². The number of hydrogen-bond donors (Lipinski definition) is 1. The van der Waals surface area contributed by atoms with Gasteiger partial charge in [-0.1, -0.05) is 57.2 Å². The van der Waals surface area contributed by atoms with E-state index in [1.165, 1.54) is 17.7 Å². The topological polar surface area (TPSA) is 72.2 Å². The van der Waals surface area contributed by atoms with Crippen molar-refractivity contribution in [3.8, 4) is 11.4 Å². The van der Waals surface area contributed by atoms with Gasteiger partial charge in [-0.15, -0.1) is 5.10 Å². The molecule has 0 unspecified atom stereocenters. The Balaban J connectivity index is 1.63. The Morgan fingerprint density at radius 3 is 2.38 bits per heavy atom. The third kappa shape index (κ3) is 4.23. The molecule has 2 aromatic carbocycles. The molecule has 0 aliphatic rings. The number of para-hydroxylation sites is 1. The van der Waals surface area contributed by atoms with Gasteiger partial charge in [-0.05, 0) is 37.0 Å². The van der Waals surface area contributed by atoms with E-state index in [9.17, 15) is 9.18 Å². The van der Waals surface area contributed by atoms with Crippen molar-refractivity contribution in [3.63, 3.8) is 0 Å². The average Bonchev–Trinajstić information content (AvgIpc) is 3.16. The van der Waals surface area contributed by atoms with Crippen molar-refractivity contribution >= 4 is 17.4 Å². The lowest BCUT2D eigenvalue weighted by atomic mass is 9.87. The Morgan fingerprint density at radius 2 is 1.72 bits per heavy atom. The Morgan fingerprint density at radius 1 is 1.03 bits per heavy atom. The van der Waals surface area contributed by atoms with Crippen LogP contribution in [0, 0.1) is 19.7 Å². The second-order valence-electron chi connectivity index (χ2n) is 8.94. The highest BCUT2D eigenvalue weighted by Gasteiger charge is 2.18. The molecule has 6 nitrogen and oxygen atoms in total. The minimum absolute atomic E-state index is 0.0599. The lowest BCUT2D eigenvalue weighted by Gasteiger charge is -2.18. The van der Waals surface area contributed by atoms with Crippen LogP contribution < -0.4 is 5.32 Å². The van der Waals surface area contributed by atoms with Crippen molar-refractivity contribution in [1.29, 1.82) is 0 Å². The zero-order chi connectivity index (χ0) is 23.0. The van der Waals surface area contributed by atoms with Crippen LogP contribution in [0.4, 0.5) is 10.1 Å². The first kappa shape index (κ1) is 21.6. The highest BCUT2D eigenvalue weighted by molar-refractivity contribution is 5.92. The summed E-state index contributed by atoms with van der Waals surface area (Å²) in [5.74, 6) is 0.267. The molecule has 7 heteroatoms. The van der Waals surface area contributed by atoms with Gasteiger partial charge >= 0.3 is 0 Å². The molecule has 0 saturated heterocycles. The SMILES string of the molecule is Cc1nc2nc(-c3ccc(C(C)(C)C)cc3)nn2c(C)c1CC(=O)Nc1ccccc1F. The molecule has 0 aliphatic heterocycles. The minimum atomic E-state index is -0.471. The van der Waals surface area contributed by atoms with Crippen molar-refractivity contribution in [3.05, 3.63) is 76.9 Å². The van der Waals surface area contributed by atoms with Gasteiger partial charge in [-0.25, -0.2) is 13.9 Å². The number of carbonyl (C=O) groups excluding carboxylic acids is 1. The van der Waals surface area contributed by atoms with Crippen molar-refractivity contribution in [2.75, 3.05) is 5.32 Å².